The number of piperidine rings is 1. The second-order valence-corrected chi connectivity index (χ2v) is 8.21. The third-order valence-corrected chi connectivity index (χ3v) is 6.51. The Morgan fingerprint density at radius 2 is 2.15 bits per heavy atom. The molecule has 0 spiro atoms. The molecule has 0 bridgehead atoms. The second-order valence-electron chi connectivity index (χ2n) is 4.98. The Labute approximate surface area is 133 Å². The van der Waals surface area contributed by atoms with E-state index in [0.717, 1.165) is 10.9 Å². The molecule has 1 heterocycles. The maximum Gasteiger partial charge on any atom is 0.244 e. The molecule has 1 aliphatic rings. The van der Waals surface area contributed by atoms with E-state index in [-0.39, 0.29) is 16.0 Å². The number of halogens is 2. The standard InChI is InChI=1S/C13H17BrClNO3S/c1-9-5-6-16(8-12(9)19-2)20(17,18)13-4-3-10(14)7-11(13)15/h3-4,7,9,12H,5-6,8H2,1-2H3. The van der Waals surface area contributed by atoms with E-state index in [1.54, 1.807) is 19.2 Å². The molecule has 0 aliphatic carbocycles. The van der Waals surface area contributed by atoms with Crippen molar-refractivity contribution in [2.24, 2.45) is 5.92 Å². The van der Waals surface area contributed by atoms with E-state index in [1.165, 1.54) is 10.4 Å². The van der Waals surface area contributed by atoms with Crippen molar-refractivity contribution < 1.29 is 13.2 Å². The van der Waals surface area contributed by atoms with E-state index in [0.29, 0.717) is 19.0 Å². The average molecular weight is 383 g/mol. The molecule has 1 aromatic carbocycles. The summed E-state index contributed by atoms with van der Waals surface area (Å²) in [6.45, 7) is 2.94. The van der Waals surface area contributed by atoms with Crippen LogP contribution in [0, 0.1) is 5.92 Å². The minimum Gasteiger partial charge on any atom is -0.380 e. The van der Waals surface area contributed by atoms with Crippen LogP contribution in [0.3, 0.4) is 0 Å². The summed E-state index contributed by atoms with van der Waals surface area (Å²) in [7, 11) is -1.96. The van der Waals surface area contributed by atoms with E-state index >= 15 is 0 Å². The number of ether oxygens (including phenoxy) is 1. The van der Waals surface area contributed by atoms with Crippen LogP contribution in [0.4, 0.5) is 0 Å². The Hall–Kier alpha value is -0.140. The molecule has 0 radical (unpaired) electrons. The van der Waals surface area contributed by atoms with Gasteiger partial charge in [0.1, 0.15) is 4.90 Å². The average Bonchev–Trinajstić information content (AvgIpc) is 2.38. The number of rotatable bonds is 3. The van der Waals surface area contributed by atoms with Gasteiger partial charge in [-0.15, -0.1) is 0 Å². The summed E-state index contributed by atoms with van der Waals surface area (Å²) in [6, 6.07) is 4.80. The summed E-state index contributed by atoms with van der Waals surface area (Å²) in [6.07, 6.45) is 0.707. The molecule has 7 heteroatoms. The number of hydrogen-bond donors (Lipinski definition) is 0. The highest BCUT2D eigenvalue weighted by Gasteiger charge is 2.34. The van der Waals surface area contributed by atoms with Crippen molar-refractivity contribution in [3.63, 3.8) is 0 Å². The summed E-state index contributed by atoms with van der Waals surface area (Å²) in [5, 5.41) is 0.229. The van der Waals surface area contributed by atoms with Crippen molar-refractivity contribution >= 4 is 37.6 Å². The molecule has 1 saturated heterocycles. The number of nitrogens with zero attached hydrogens (tertiary/aromatic N) is 1. The highest BCUT2D eigenvalue weighted by molar-refractivity contribution is 9.10. The van der Waals surface area contributed by atoms with Gasteiger partial charge in [0, 0.05) is 24.7 Å². The first-order valence-corrected chi connectivity index (χ1v) is 8.95. The number of methoxy groups -OCH3 is 1. The van der Waals surface area contributed by atoms with Gasteiger partial charge in [0.25, 0.3) is 0 Å². The van der Waals surface area contributed by atoms with Crippen LogP contribution in [0.15, 0.2) is 27.6 Å². The first-order valence-electron chi connectivity index (χ1n) is 6.34. The van der Waals surface area contributed by atoms with Crippen LogP contribution < -0.4 is 0 Å². The molecular weight excluding hydrogens is 366 g/mol. The van der Waals surface area contributed by atoms with Gasteiger partial charge in [-0.2, -0.15) is 4.31 Å². The zero-order valence-electron chi connectivity index (χ0n) is 11.3. The predicted octanol–water partition coefficient (Wildman–Crippen LogP) is 3.15. The largest absolute Gasteiger partial charge is 0.380 e. The molecule has 2 unspecified atom stereocenters. The number of sulfonamides is 1. The van der Waals surface area contributed by atoms with Gasteiger partial charge in [0.05, 0.1) is 11.1 Å². The SMILES string of the molecule is COC1CN(S(=O)(=O)c2ccc(Br)cc2Cl)CCC1C. The fourth-order valence-electron chi connectivity index (χ4n) is 2.35. The Morgan fingerprint density at radius 1 is 1.45 bits per heavy atom. The monoisotopic (exact) mass is 381 g/mol. The molecule has 0 N–H and O–H groups in total. The van der Waals surface area contributed by atoms with Crippen LogP contribution >= 0.6 is 27.5 Å². The maximum absolute atomic E-state index is 12.7. The van der Waals surface area contributed by atoms with Crippen molar-refractivity contribution in [1.29, 1.82) is 0 Å². The molecule has 2 rings (SSSR count). The van der Waals surface area contributed by atoms with Crippen LogP contribution in [0.25, 0.3) is 0 Å². The summed E-state index contributed by atoms with van der Waals surface area (Å²) in [4.78, 5) is 0.145. The second kappa shape index (κ2) is 6.32. The van der Waals surface area contributed by atoms with Crippen LogP contribution in [-0.2, 0) is 14.8 Å². The zero-order valence-corrected chi connectivity index (χ0v) is 14.5. The van der Waals surface area contributed by atoms with Crippen molar-refractivity contribution in [1.82, 2.24) is 4.31 Å². The molecule has 2 atom stereocenters. The molecule has 1 aromatic rings. The Morgan fingerprint density at radius 3 is 2.75 bits per heavy atom. The summed E-state index contributed by atoms with van der Waals surface area (Å²) >= 11 is 9.34. The van der Waals surface area contributed by atoms with Crippen molar-refractivity contribution in [3.8, 4) is 0 Å². The first kappa shape index (κ1) is 16.2. The summed E-state index contributed by atoms with van der Waals surface area (Å²) in [5.74, 6) is 0.354. The van der Waals surface area contributed by atoms with Gasteiger partial charge in [-0.05, 0) is 30.5 Å². The molecule has 0 amide bonds. The van der Waals surface area contributed by atoms with Gasteiger partial charge in [-0.25, -0.2) is 8.42 Å². The lowest BCUT2D eigenvalue weighted by Crippen LogP contribution is -2.46. The minimum absolute atomic E-state index is 0.0762. The van der Waals surface area contributed by atoms with Gasteiger partial charge >= 0.3 is 0 Å². The normalized spacial score (nSPS) is 24.8. The van der Waals surface area contributed by atoms with Gasteiger partial charge in [0.15, 0.2) is 0 Å². The molecule has 4 nitrogen and oxygen atoms in total. The van der Waals surface area contributed by atoms with Gasteiger partial charge in [-0.1, -0.05) is 34.5 Å². The predicted molar refractivity (Wildman–Crippen MR) is 82.5 cm³/mol. The van der Waals surface area contributed by atoms with E-state index in [9.17, 15) is 8.42 Å². The highest BCUT2D eigenvalue weighted by Crippen LogP contribution is 2.30. The van der Waals surface area contributed by atoms with E-state index in [2.05, 4.69) is 22.9 Å². The lowest BCUT2D eigenvalue weighted by molar-refractivity contribution is 0.0184. The quantitative estimate of drug-likeness (QED) is 0.807. The third kappa shape index (κ3) is 3.20. The Bertz CT molecular complexity index is 593. The molecule has 1 fully saturated rings. The van der Waals surface area contributed by atoms with Crippen LogP contribution in [-0.4, -0.2) is 39.0 Å². The van der Waals surface area contributed by atoms with E-state index in [4.69, 9.17) is 16.3 Å². The van der Waals surface area contributed by atoms with Crippen LogP contribution in [0.5, 0.6) is 0 Å². The lowest BCUT2D eigenvalue weighted by Gasteiger charge is -2.35. The van der Waals surface area contributed by atoms with Crippen LogP contribution in [0.2, 0.25) is 5.02 Å². The Kier molecular flexibility index (Phi) is 5.13. The molecular formula is C13H17BrClNO3S. The first-order chi connectivity index (χ1) is 9.36. The zero-order chi connectivity index (χ0) is 14.9. The summed E-state index contributed by atoms with van der Waals surface area (Å²) in [5.41, 5.74) is 0. The fraction of sp³-hybridized carbons (Fsp3) is 0.538. The summed E-state index contributed by atoms with van der Waals surface area (Å²) < 4.78 is 32.9. The van der Waals surface area contributed by atoms with Crippen molar-refractivity contribution in [2.45, 2.75) is 24.3 Å². The smallest absolute Gasteiger partial charge is 0.244 e. The molecule has 0 saturated carbocycles. The van der Waals surface area contributed by atoms with Gasteiger partial charge < -0.3 is 4.74 Å². The Balaban J connectivity index is 2.31. The van der Waals surface area contributed by atoms with Crippen LogP contribution in [0.1, 0.15) is 13.3 Å². The molecule has 112 valence electrons. The molecule has 1 aliphatic heterocycles. The van der Waals surface area contributed by atoms with Crippen molar-refractivity contribution in [3.05, 3.63) is 27.7 Å². The van der Waals surface area contributed by atoms with Crippen molar-refractivity contribution in [2.75, 3.05) is 20.2 Å². The topological polar surface area (TPSA) is 46.6 Å². The van der Waals surface area contributed by atoms with E-state index in [1.807, 2.05) is 0 Å². The van der Waals surface area contributed by atoms with Gasteiger partial charge in [-0.3, -0.25) is 0 Å². The lowest BCUT2D eigenvalue weighted by atomic mass is 9.97. The van der Waals surface area contributed by atoms with Gasteiger partial charge in [0.2, 0.25) is 10.0 Å². The molecule has 20 heavy (non-hydrogen) atoms. The molecule has 0 aromatic heterocycles. The third-order valence-electron chi connectivity index (χ3n) is 3.67. The highest BCUT2D eigenvalue weighted by atomic mass is 79.9. The number of hydrogen-bond acceptors (Lipinski definition) is 3. The number of benzene rings is 1. The fourth-order valence-corrected chi connectivity index (χ4v) is 4.83. The maximum atomic E-state index is 12.7. The van der Waals surface area contributed by atoms with E-state index < -0.39 is 10.0 Å². The minimum atomic E-state index is -3.58.